The second-order valence-corrected chi connectivity index (χ2v) is 7.99. The third-order valence-corrected chi connectivity index (χ3v) is 5.40. The van der Waals surface area contributed by atoms with Gasteiger partial charge < -0.3 is 14.8 Å². The number of nitrogens with one attached hydrogen (secondary N) is 2. The number of esters is 1. The molecule has 12 heteroatoms. The predicted molar refractivity (Wildman–Crippen MR) is 127 cm³/mol. The van der Waals surface area contributed by atoms with Crippen molar-refractivity contribution in [2.24, 2.45) is 0 Å². The summed E-state index contributed by atoms with van der Waals surface area (Å²) in [4.78, 5) is 25.3. The van der Waals surface area contributed by atoms with Gasteiger partial charge in [0, 0.05) is 34.9 Å². The van der Waals surface area contributed by atoms with Crippen LogP contribution in [0.2, 0.25) is 0 Å². The Morgan fingerprint density at radius 3 is 2.56 bits per heavy atom. The molecule has 2 aromatic heterocycles. The Balaban J connectivity index is 1.82. The minimum Gasteiger partial charge on any atom is -0.480 e. The van der Waals surface area contributed by atoms with Crippen molar-refractivity contribution in [1.29, 1.82) is 0 Å². The van der Waals surface area contributed by atoms with Gasteiger partial charge in [-0.1, -0.05) is 12.1 Å². The molecule has 1 atom stereocenters. The Morgan fingerprint density at radius 2 is 1.92 bits per heavy atom. The van der Waals surface area contributed by atoms with Gasteiger partial charge in [-0.3, -0.25) is 5.01 Å². The fourth-order valence-electron chi connectivity index (χ4n) is 3.67. The van der Waals surface area contributed by atoms with E-state index in [1.165, 1.54) is 44.6 Å². The number of methoxy groups -OCH3 is 2. The maximum absolute atomic E-state index is 13.5. The standard InChI is InChI=1S/C24H23F3N6O3/c1-13-6-5-7-16(8-13)30-23-29-12-18(15-10-17(22(34)36-4)21(35-3)28-11-15)20(31-23)33-14(2)9-19(32-33)24(25,26)27/h5-12,19,32H,1-4H3,(H,29,30,31). The van der Waals surface area contributed by atoms with Crippen LogP contribution in [0.25, 0.3) is 11.1 Å². The third-order valence-electron chi connectivity index (χ3n) is 5.40. The number of hydrazine groups is 1. The Labute approximate surface area is 205 Å². The van der Waals surface area contributed by atoms with Gasteiger partial charge in [-0.15, -0.1) is 0 Å². The van der Waals surface area contributed by atoms with Gasteiger partial charge in [0.15, 0.2) is 5.82 Å². The van der Waals surface area contributed by atoms with E-state index < -0.39 is 18.2 Å². The molecule has 3 aromatic rings. The van der Waals surface area contributed by atoms with Gasteiger partial charge >= 0.3 is 12.1 Å². The van der Waals surface area contributed by atoms with E-state index >= 15 is 0 Å². The number of benzene rings is 1. The molecule has 0 spiro atoms. The van der Waals surface area contributed by atoms with Gasteiger partial charge in [0.2, 0.25) is 11.8 Å². The molecule has 36 heavy (non-hydrogen) atoms. The molecule has 1 aromatic carbocycles. The molecule has 4 rings (SSSR count). The zero-order chi connectivity index (χ0) is 26.0. The lowest BCUT2D eigenvalue weighted by atomic mass is 10.1. The second-order valence-electron chi connectivity index (χ2n) is 7.99. The summed E-state index contributed by atoms with van der Waals surface area (Å²) in [7, 11) is 2.57. The van der Waals surface area contributed by atoms with Crippen LogP contribution >= 0.6 is 0 Å². The fourth-order valence-corrected chi connectivity index (χ4v) is 3.67. The van der Waals surface area contributed by atoms with Crippen LogP contribution in [0.4, 0.5) is 30.6 Å². The monoisotopic (exact) mass is 500 g/mol. The largest absolute Gasteiger partial charge is 0.480 e. The van der Waals surface area contributed by atoms with E-state index in [-0.39, 0.29) is 28.9 Å². The van der Waals surface area contributed by atoms with E-state index in [9.17, 15) is 18.0 Å². The summed E-state index contributed by atoms with van der Waals surface area (Å²) in [6.45, 7) is 3.46. The molecule has 0 aliphatic carbocycles. The van der Waals surface area contributed by atoms with E-state index in [1.807, 2.05) is 31.2 Å². The molecule has 2 N–H and O–H groups in total. The number of anilines is 3. The highest BCUT2D eigenvalue weighted by molar-refractivity contribution is 5.94. The van der Waals surface area contributed by atoms with Crippen LogP contribution < -0.4 is 20.5 Å². The van der Waals surface area contributed by atoms with Crippen molar-refractivity contribution in [2.45, 2.75) is 26.1 Å². The first-order valence-corrected chi connectivity index (χ1v) is 10.8. The Kier molecular flexibility index (Phi) is 6.80. The predicted octanol–water partition coefficient (Wildman–Crippen LogP) is 4.55. The summed E-state index contributed by atoms with van der Waals surface area (Å²) in [5.74, 6) is -0.352. The highest BCUT2D eigenvalue weighted by atomic mass is 19.4. The number of hydrogen-bond acceptors (Lipinski definition) is 9. The number of carbonyl (C=O) groups excluding carboxylic acids is 1. The zero-order valence-corrected chi connectivity index (χ0v) is 19.8. The number of aryl methyl sites for hydroxylation is 1. The van der Waals surface area contributed by atoms with Crippen LogP contribution in [-0.2, 0) is 4.74 Å². The molecule has 0 amide bonds. The molecule has 0 saturated heterocycles. The first kappa shape index (κ1) is 24.9. The van der Waals surface area contributed by atoms with E-state index in [0.717, 1.165) is 11.6 Å². The molecule has 1 aliphatic rings. The Bertz CT molecular complexity index is 1330. The molecule has 0 fully saturated rings. The number of alkyl halides is 3. The van der Waals surface area contributed by atoms with Crippen LogP contribution in [-0.4, -0.2) is 47.4 Å². The topological polar surface area (TPSA) is 102 Å². The summed E-state index contributed by atoms with van der Waals surface area (Å²) in [5.41, 5.74) is 5.18. The van der Waals surface area contributed by atoms with Gasteiger partial charge in [0.05, 0.1) is 14.2 Å². The van der Waals surface area contributed by atoms with Gasteiger partial charge in [-0.25, -0.2) is 20.2 Å². The van der Waals surface area contributed by atoms with Crippen molar-refractivity contribution in [2.75, 3.05) is 24.5 Å². The molecule has 9 nitrogen and oxygen atoms in total. The Hall–Kier alpha value is -4.19. The lowest BCUT2D eigenvalue weighted by Gasteiger charge is -2.25. The number of aromatic nitrogens is 3. The molecule has 0 radical (unpaired) electrons. The minimum absolute atomic E-state index is 0.0401. The van der Waals surface area contributed by atoms with Gasteiger partial charge in [0.25, 0.3) is 0 Å². The highest BCUT2D eigenvalue weighted by Crippen LogP contribution is 2.36. The maximum Gasteiger partial charge on any atom is 0.409 e. The third kappa shape index (κ3) is 5.08. The van der Waals surface area contributed by atoms with Crippen LogP contribution in [0, 0.1) is 6.92 Å². The summed E-state index contributed by atoms with van der Waals surface area (Å²) in [5, 5.41) is 4.31. The highest BCUT2D eigenvalue weighted by Gasteiger charge is 2.43. The molecule has 0 bridgehead atoms. The summed E-state index contributed by atoms with van der Waals surface area (Å²) in [6, 6.07) is 7.05. The van der Waals surface area contributed by atoms with E-state index in [1.54, 1.807) is 0 Å². The lowest BCUT2D eigenvalue weighted by Crippen LogP contribution is -2.45. The second kappa shape index (κ2) is 9.82. The van der Waals surface area contributed by atoms with Crippen LogP contribution in [0.1, 0.15) is 22.8 Å². The van der Waals surface area contributed by atoms with Gasteiger partial charge in [-0.2, -0.15) is 18.2 Å². The van der Waals surface area contributed by atoms with Crippen LogP contribution in [0.15, 0.2) is 54.5 Å². The molecule has 188 valence electrons. The van der Waals surface area contributed by atoms with Crippen molar-refractivity contribution >= 4 is 23.4 Å². The summed E-state index contributed by atoms with van der Waals surface area (Å²) in [6.07, 6.45) is -0.588. The lowest BCUT2D eigenvalue weighted by molar-refractivity contribution is -0.142. The first-order chi connectivity index (χ1) is 17.1. The van der Waals surface area contributed by atoms with Crippen molar-refractivity contribution < 1.29 is 27.4 Å². The van der Waals surface area contributed by atoms with Gasteiger partial charge in [-0.05, 0) is 43.7 Å². The van der Waals surface area contributed by atoms with Crippen LogP contribution in [0.5, 0.6) is 5.88 Å². The van der Waals surface area contributed by atoms with Crippen molar-refractivity contribution in [3.63, 3.8) is 0 Å². The normalized spacial score (nSPS) is 15.5. The van der Waals surface area contributed by atoms with Crippen molar-refractivity contribution in [3.05, 3.63) is 65.6 Å². The summed E-state index contributed by atoms with van der Waals surface area (Å²) >= 11 is 0. The molecular formula is C24H23F3N6O3. The molecule has 1 aliphatic heterocycles. The number of rotatable bonds is 6. The molecule has 1 unspecified atom stereocenters. The smallest absolute Gasteiger partial charge is 0.409 e. The number of hydrogen-bond donors (Lipinski definition) is 2. The summed E-state index contributed by atoms with van der Waals surface area (Å²) < 4.78 is 50.3. The maximum atomic E-state index is 13.5. The van der Waals surface area contributed by atoms with Gasteiger partial charge in [0.1, 0.15) is 11.6 Å². The number of nitrogens with zero attached hydrogens (tertiary/aromatic N) is 4. The number of ether oxygens (including phenoxy) is 2. The average molecular weight is 500 g/mol. The fraction of sp³-hybridized carbons (Fsp3) is 0.250. The first-order valence-electron chi connectivity index (χ1n) is 10.8. The van der Waals surface area contributed by atoms with E-state index in [4.69, 9.17) is 9.47 Å². The van der Waals surface area contributed by atoms with Crippen molar-refractivity contribution in [1.82, 2.24) is 20.4 Å². The van der Waals surface area contributed by atoms with Crippen molar-refractivity contribution in [3.8, 4) is 17.0 Å². The number of pyridine rings is 1. The number of halogens is 3. The average Bonchev–Trinajstić information content (AvgIpc) is 3.25. The molecular weight excluding hydrogens is 477 g/mol. The Morgan fingerprint density at radius 1 is 1.14 bits per heavy atom. The number of allylic oxidation sites excluding steroid dienone is 1. The van der Waals surface area contributed by atoms with E-state index in [2.05, 4.69) is 25.7 Å². The SMILES string of the molecule is COC(=O)c1cc(-c2cnc(Nc3cccc(C)c3)nc2N2NC(C(F)(F)F)C=C2C)cnc1OC. The quantitative estimate of drug-likeness (QED) is 0.472. The molecule has 0 saturated carbocycles. The number of carbonyl (C=O) groups is 1. The molecule has 3 heterocycles. The minimum atomic E-state index is -4.51. The van der Waals surface area contributed by atoms with Crippen LogP contribution in [0.3, 0.4) is 0 Å². The zero-order valence-electron chi connectivity index (χ0n) is 19.8. The van der Waals surface area contributed by atoms with E-state index in [0.29, 0.717) is 16.8 Å².